The average Bonchev–Trinajstić information content (AvgIpc) is 3.52. The van der Waals surface area contributed by atoms with Gasteiger partial charge < -0.3 is 14.8 Å². The van der Waals surface area contributed by atoms with Crippen LogP contribution in [0.4, 0.5) is 5.69 Å². The topological polar surface area (TPSA) is 58.3 Å². The molecular formula is C23H33IN6. The summed E-state index contributed by atoms with van der Waals surface area (Å²) in [6.45, 7) is 3.58. The summed E-state index contributed by atoms with van der Waals surface area (Å²) in [6, 6.07) is 9.52. The lowest BCUT2D eigenvalue weighted by molar-refractivity contribution is 0.476. The van der Waals surface area contributed by atoms with Crippen LogP contribution in [0, 0.1) is 6.92 Å². The van der Waals surface area contributed by atoms with Crippen molar-refractivity contribution in [2.24, 2.45) is 12.0 Å². The van der Waals surface area contributed by atoms with E-state index in [0.29, 0.717) is 18.0 Å². The zero-order valence-corrected chi connectivity index (χ0v) is 20.4. The van der Waals surface area contributed by atoms with Gasteiger partial charge in [-0.3, -0.25) is 0 Å². The fourth-order valence-corrected chi connectivity index (χ4v) is 5.49. The van der Waals surface area contributed by atoms with Crippen molar-refractivity contribution in [1.82, 2.24) is 20.1 Å². The van der Waals surface area contributed by atoms with Gasteiger partial charge in [-0.1, -0.05) is 43.9 Å². The summed E-state index contributed by atoms with van der Waals surface area (Å²) in [5, 5.41) is 12.3. The van der Waals surface area contributed by atoms with Crippen LogP contribution in [-0.2, 0) is 19.0 Å². The summed E-state index contributed by atoms with van der Waals surface area (Å²) in [5.74, 6) is 2.86. The Morgan fingerprint density at radius 3 is 2.57 bits per heavy atom. The highest BCUT2D eigenvalue weighted by atomic mass is 127. The highest BCUT2D eigenvalue weighted by Gasteiger charge is 2.45. The predicted molar refractivity (Wildman–Crippen MR) is 132 cm³/mol. The number of benzene rings is 1. The van der Waals surface area contributed by atoms with Gasteiger partial charge in [-0.2, -0.15) is 0 Å². The molecule has 1 aliphatic heterocycles. The van der Waals surface area contributed by atoms with Gasteiger partial charge >= 0.3 is 0 Å². The van der Waals surface area contributed by atoms with Crippen molar-refractivity contribution in [2.75, 3.05) is 11.4 Å². The molecule has 7 heteroatoms. The number of hydrogen-bond acceptors (Lipinski definition) is 3. The molecule has 2 heterocycles. The molecule has 6 nitrogen and oxygen atoms in total. The van der Waals surface area contributed by atoms with E-state index < -0.39 is 0 Å². The number of para-hydroxylation sites is 1. The Balaban J connectivity index is 0.00000218. The zero-order valence-electron chi connectivity index (χ0n) is 18.1. The number of aromatic nitrogens is 3. The summed E-state index contributed by atoms with van der Waals surface area (Å²) in [4.78, 5) is 7.54. The fourth-order valence-electron chi connectivity index (χ4n) is 5.49. The number of fused-ring (bicyclic) bond motifs is 2. The summed E-state index contributed by atoms with van der Waals surface area (Å²) in [7, 11) is 2.02. The van der Waals surface area contributed by atoms with Crippen molar-refractivity contribution in [3.63, 3.8) is 0 Å². The van der Waals surface area contributed by atoms with E-state index in [1.807, 2.05) is 18.5 Å². The van der Waals surface area contributed by atoms with Gasteiger partial charge in [0.1, 0.15) is 12.4 Å². The molecule has 2 fully saturated rings. The average molecular weight is 520 g/mol. The van der Waals surface area contributed by atoms with Crippen molar-refractivity contribution in [2.45, 2.75) is 76.3 Å². The highest BCUT2D eigenvalue weighted by Crippen LogP contribution is 2.50. The third-order valence-corrected chi connectivity index (χ3v) is 7.28. The number of aliphatic imine (C=N–C) groups is 1. The predicted octanol–water partition coefficient (Wildman–Crippen LogP) is 4.46. The van der Waals surface area contributed by atoms with Crippen molar-refractivity contribution in [3.05, 3.63) is 41.5 Å². The minimum absolute atomic E-state index is 0. The van der Waals surface area contributed by atoms with E-state index in [-0.39, 0.29) is 24.0 Å². The van der Waals surface area contributed by atoms with Crippen molar-refractivity contribution in [3.8, 4) is 0 Å². The van der Waals surface area contributed by atoms with Crippen LogP contribution >= 0.6 is 24.0 Å². The van der Waals surface area contributed by atoms with Crippen LogP contribution in [0.1, 0.15) is 68.6 Å². The molecule has 0 atom stereocenters. The van der Waals surface area contributed by atoms with Gasteiger partial charge in [-0.25, -0.2) is 4.99 Å². The molecule has 1 aromatic heterocycles. The number of nitrogens with zero attached hydrogens (tertiary/aromatic N) is 5. The summed E-state index contributed by atoms with van der Waals surface area (Å²) in [6.07, 6.45) is 10.4. The normalized spacial score (nSPS) is 20.6. The van der Waals surface area contributed by atoms with E-state index in [1.54, 1.807) is 0 Å². The molecule has 2 aliphatic carbocycles. The number of aryl methyl sites for hydroxylation is 1. The molecule has 1 spiro atoms. The molecule has 1 N–H and O–H groups in total. The van der Waals surface area contributed by atoms with Crippen molar-refractivity contribution in [1.29, 1.82) is 0 Å². The second-order valence-corrected chi connectivity index (χ2v) is 9.08. The first kappa shape index (κ1) is 21.6. The van der Waals surface area contributed by atoms with Crippen molar-refractivity contribution >= 4 is 35.6 Å². The standard InChI is InChI=1S/C23H32N6.HI/c1-17-26-27-21(28(17)2)15-24-22(25-18-9-3-4-10-18)29-16-23(13-7-8-14-23)19-11-5-6-12-20(19)29;/h5-6,11-12,18H,3-4,7-10,13-16H2,1-2H3,(H,24,25);1H. The first-order chi connectivity index (χ1) is 14.2. The monoisotopic (exact) mass is 520 g/mol. The Bertz CT molecular complexity index is 908. The fraction of sp³-hybridized carbons (Fsp3) is 0.609. The Morgan fingerprint density at radius 1 is 1.13 bits per heavy atom. The molecule has 0 saturated heterocycles. The van der Waals surface area contributed by atoms with Crippen LogP contribution in [0.3, 0.4) is 0 Å². The Morgan fingerprint density at radius 2 is 1.87 bits per heavy atom. The number of halogens is 1. The molecule has 1 aromatic carbocycles. The summed E-state index contributed by atoms with van der Waals surface area (Å²) in [5.41, 5.74) is 3.16. The van der Waals surface area contributed by atoms with Gasteiger partial charge in [0.05, 0.1) is 0 Å². The first-order valence-electron chi connectivity index (χ1n) is 11.2. The molecule has 0 unspecified atom stereocenters. The number of guanidine groups is 1. The number of anilines is 1. The quantitative estimate of drug-likeness (QED) is 0.369. The van der Waals surface area contributed by atoms with E-state index >= 15 is 0 Å². The number of rotatable bonds is 3. The molecule has 0 amide bonds. The lowest BCUT2D eigenvalue weighted by atomic mass is 9.81. The largest absolute Gasteiger partial charge is 0.353 e. The van der Waals surface area contributed by atoms with Gasteiger partial charge in [0.2, 0.25) is 0 Å². The number of hydrogen-bond donors (Lipinski definition) is 1. The Labute approximate surface area is 196 Å². The molecule has 162 valence electrons. The molecular weight excluding hydrogens is 487 g/mol. The minimum atomic E-state index is 0. The maximum absolute atomic E-state index is 5.08. The van der Waals surface area contributed by atoms with E-state index in [4.69, 9.17) is 4.99 Å². The second-order valence-electron chi connectivity index (χ2n) is 9.08. The Hall–Kier alpha value is -1.64. The second kappa shape index (κ2) is 8.85. The lowest BCUT2D eigenvalue weighted by Crippen LogP contribution is -2.46. The first-order valence-corrected chi connectivity index (χ1v) is 11.2. The highest BCUT2D eigenvalue weighted by molar-refractivity contribution is 14.0. The summed E-state index contributed by atoms with van der Waals surface area (Å²) < 4.78 is 2.03. The molecule has 0 radical (unpaired) electrons. The van der Waals surface area contributed by atoms with Gasteiger partial charge in [0.25, 0.3) is 0 Å². The molecule has 2 aromatic rings. The van der Waals surface area contributed by atoms with Crippen LogP contribution in [-0.4, -0.2) is 33.3 Å². The van der Waals surface area contributed by atoms with Gasteiger partial charge in [0.15, 0.2) is 11.8 Å². The molecule has 0 bridgehead atoms. The van der Waals surface area contributed by atoms with E-state index in [2.05, 4.69) is 44.7 Å². The smallest absolute Gasteiger partial charge is 0.199 e. The van der Waals surface area contributed by atoms with Crippen LogP contribution < -0.4 is 10.2 Å². The zero-order chi connectivity index (χ0) is 19.8. The van der Waals surface area contributed by atoms with Crippen LogP contribution in [0.2, 0.25) is 0 Å². The lowest BCUT2D eigenvalue weighted by Gasteiger charge is -2.28. The number of nitrogens with one attached hydrogen (secondary N) is 1. The van der Waals surface area contributed by atoms with Crippen LogP contribution in [0.25, 0.3) is 0 Å². The van der Waals surface area contributed by atoms with Gasteiger partial charge in [0, 0.05) is 30.7 Å². The maximum atomic E-state index is 5.08. The molecule has 2 saturated carbocycles. The molecule has 3 aliphatic rings. The van der Waals surface area contributed by atoms with E-state index in [9.17, 15) is 0 Å². The van der Waals surface area contributed by atoms with Crippen LogP contribution in [0.5, 0.6) is 0 Å². The van der Waals surface area contributed by atoms with Crippen molar-refractivity contribution < 1.29 is 0 Å². The summed E-state index contributed by atoms with van der Waals surface area (Å²) >= 11 is 0. The van der Waals surface area contributed by atoms with Crippen LogP contribution in [0.15, 0.2) is 29.3 Å². The Kier molecular flexibility index (Phi) is 6.36. The third-order valence-electron chi connectivity index (χ3n) is 7.28. The van der Waals surface area contributed by atoms with Gasteiger partial charge in [-0.05, 0) is 44.2 Å². The maximum Gasteiger partial charge on any atom is 0.199 e. The van der Waals surface area contributed by atoms with Gasteiger partial charge in [-0.15, -0.1) is 34.2 Å². The van der Waals surface area contributed by atoms with E-state index in [0.717, 1.165) is 24.2 Å². The molecule has 5 rings (SSSR count). The minimum Gasteiger partial charge on any atom is -0.353 e. The SMILES string of the molecule is Cc1nnc(CN=C(NC2CCCC2)N2CC3(CCCC3)c3ccccc32)n1C.I. The third kappa shape index (κ3) is 3.85. The molecule has 30 heavy (non-hydrogen) atoms. The van der Waals surface area contributed by atoms with E-state index in [1.165, 1.54) is 62.6 Å².